The van der Waals surface area contributed by atoms with E-state index >= 15 is 0 Å². The number of benzene rings is 2. The molecule has 1 aliphatic carbocycles. The van der Waals surface area contributed by atoms with Gasteiger partial charge in [0.2, 0.25) is 5.91 Å². The average Bonchev–Trinajstić information content (AvgIpc) is 3.19. The number of amides is 1. The maximum atomic E-state index is 13.9. The summed E-state index contributed by atoms with van der Waals surface area (Å²) in [6.45, 7) is 1.92. The van der Waals surface area contributed by atoms with E-state index < -0.39 is 17.5 Å². The van der Waals surface area contributed by atoms with E-state index in [-0.39, 0.29) is 17.0 Å². The normalized spacial score (nSPS) is 13.1. The minimum absolute atomic E-state index is 0.120. The zero-order chi connectivity index (χ0) is 23.8. The van der Waals surface area contributed by atoms with Crippen LogP contribution in [0.5, 0.6) is 0 Å². The van der Waals surface area contributed by atoms with E-state index in [1.807, 2.05) is 31.2 Å². The molecule has 0 saturated heterocycles. The van der Waals surface area contributed by atoms with Gasteiger partial charge in [-0.05, 0) is 61.9 Å². The summed E-state index contributed by atoms with van der Waals surface area (Å²) in [5, 5.41) is 3.45. The molecule has 0 aliphatic heterocycles. The Morgan fingerprint density at radius 3 is 2.79 bits per heavy atom. The Morgan fingerprint density at radius 1 is 1.18 bits per heavy atom. The molecule has 1 aliphatic rings. The summed E-state index contributed by atoms with van der Waals surface area (Å²) >= 11 is 2.64. The first kappa shape index (κ1) is 22.7. The molecule has 0 unspecified atom stereocenters. The number of carbonyl (C=O) groups is 1. The minimum atomic E-state index is -0.722. The molecule has 0 radical (unpaired) electrons. The van der Waals surface area contributed by atoms with E-state index in [2.05, 4.69) is 5.32 Å². The Hall–Kier alpha value is -3.04. The molecule has 34 heavy (non-hydrogen) atoms. The number of nitrogens with zero attached hydrogens (tertiary/aromatic N) is 2. The second-order valence-corrected chi connectivity index (χ2v) is 10.2. The highest BCUT2D eigenvalue weighted by molar-refractivity contribution is 7.99. The van der Waals surface area contributed by atoms with E-state index in [0.717, 1.165) is 66.8 Å². The lowest BCUT2D eigenvalue weighted by Crippen LogP contribution is -2.24. The van der Waals surface area contributed by atoms with Crippen molar-refractivity contribution in [3.63, 3.8) is 0 Å². The lowest BCUT2D eigenvalue weighted by atomic mass is 9.97. The fraction of sp³-hybridized carbons (Fsp3) is 0.240. The predicted molar refractivity (Wildman–Crippen MR) is 132 cm³/mol. The monoisotopic (exact) mass is 497 g/mol. The molecule has 2 heterocycles. The maximum Gasteiger partial charge on any atom is 0.267 e. The zero-order valence-electron chi connectivity index (χ0n) is 18.4. The largest absolute Gasteiger partial charge is 0.323 e. The molecule has 9 heteroatoms. The number of rotatable bonds is 5. The van der Waals surface area contributed by atoms with Crippen molar-refractivity contribution in [2.45, 2.75) is 37.8 Å². The average molecular weight is 498 g/mol. The summed E-state index contributed by atoms with van der Waals surface area (Å²) in [5.41, 5.74) is 2.34. The van der Waals surface area contributed by atoms with Gasteiger partial charge in [0.25, 0.3) is 5.56 Å². The number of aryl methyl sites for hydroxylation is 3. The number of thiophene rings is 1. The van der Waals surface area contributed by atoms with Crippen molar-refractivity contribution >= 4 is 44.9 Å². The molecule has 5 rings (SSSR count). The molecule has 4 aromatic rings. The molecule has 0 saturated carbocycles. The van der Waals surface area contributed by atoms with Gasteiger partial charge < -0.3 is 5.32 Å². The summed E-state index contributed by atoms with van der Waals surface area (Å²) in [6, 6.07) is 10.4. The molecule has 0 atom stereocenters. The van der Waals surface area contributed by atoms with Crippen LogP contribution in [0.3, 0.4) is 0 Å². The van der Waals surface area contributed by atoms with E-state index in [1.165, 1.54) is 4.88 Å². The Bertz CT molecular complexity index is 1480. The van der Waals surface area contributed by atoms with E-state index in [9.17, 15) is 18.4 Å². The summed E-state index contributed by atoms with van der Waals surface area (Å²) < 4.78 is 28.9. The highest BCUT2D eigenvalue weighted by Crippen LogP contribution is 2.35. The summed E-state index contributed by atoms with van der Waals surface area (Å²) in [7, 11) is 0. The van der Waals surface area contributed by atoms with Crippen molar-refractivity contribution in [3.8, 4) is 5.69 Å². The number of para-hydroxylation sites is 1. The third-order valence-electron chi connectivity index (χ3n) is 5.85. The summed E-state index contributed by atoms with van der Waals surface area (Å²) in [5.74, 6) is -2.01. The topological polar surface area (TPSA) is 64.0 Å². The Morgan fingerprint density at radius 2 is 1.97 bits per heavy atom. The molecule has 5 nitrogen and oxygen atoms in total. The first-order valence-electron chi connectivity index (χ1n) is 10.9. The van der Waals surface area contributed by atoms with Gasteiger partial charge in [0, 0.05) is 10.9 Å². The third kappa shape index (κ3) is 4.25. The van der Waals surface area contributed by atoms with Gasteiger partial charge in [-0.25, -0.2) is 13.8 Å². The number of hydrogen-bond donors (Lipinski definition) is 1. The van der Waals surface area contributed by atoms with Crippen LogP contribution in [0.15, 0.2) is 52.4 Å². The van der Waals surface area contributed by atoms with Crippen molar-refractivity contribution in [3.05, 3.63) is 80.5 Å². The van der Waals surface area contributed by atoms with Gasteiger partial charge in [-0.3, -0.25) is 14.2 Å². The summed E-state index contributed by atoms with van der Waals surface area (Å²) in [6.07, 6.45) is 3.97. The Labute approximate surface area is 202 Å². The van der Waals surface area contributed by atoms with E-state index in [0.29, 0.717) is 21.1 Å². The minimum Gasteiger partial charge on any atom is -0.323 e. The van der Waals surface area contributed by atoms with Crippen LogP contribution < -0.4 is 10.9 Å². The highest BCUT2D eigenvalue weighted by atomic mass is 32.2. The van der Waals surface area contributed by atoms with Crippen LogP contribution in [0.4, 0.5) is 14.5 Å². The van der Waals surface area contributed by atoms with Crippen molar-refractivity contribution in [1.82, 2.24) is 9.55 Å². The molecule has 2 aromatic carbocycles. The number of carbonyl (C=O) groups excluding carboxylic acids is 1. The second kappa shape index (κ2) is 9.31. The zero-order valence-corrected chi connectivity index (χ0v) is 20.0. The number of anilines is 1. The van der Waals surface area contributed by atoms with Crippen LogP contribution in [-0.4, -0.2) is 21.2 Å². The molecule has 1 amide bonds. The molecule has 2 aromatic heterocycles. The molecule has 174 valence electrons. The van der Waals surface area contributed by atoms with Crippen LogP contribution in [-0.2, 0) is 17.6 Å². The van der Waals surface area contributed by atoms with Crippen LogP contribution in [0, 0.1) is 18.6 Å². The Balaban J connectivity index is 1.54. The first-order valence-corrected chi connectivity index (χ1v) is 12.7. The fourth-order valence-corrected chi connectivity index (χ4v) is 6.33. The number of nitrogens with one attached hydrogen (secondary N) is 1. The van der Waals surface area contributed by atoms with Crippen LogP contribution >= 0.6 is 23.1 Å². The van der Waals surface area contributed by atoms with Crippen LogP contribution in [0.1, 0.15) is 28.8 Å². The van der Waals surface area contributed by atoms with E-state index in [4.69, 9.17) is 4.98 Å². The lowest BCUT2D eigenvalue weighted by molar-refractivity contribution is -0.113. The van der Waals surface area contributed by atoms with Gasteiger partial charge in [0.1, 0.15) is 16.5 Å². The number of aromatic nitrogens is 2. The van der Waals surface area contributed by atoms with Crippen molar-refractivity contribution in [1.29, 1.82) is 0 Å². The fourth-order valence-electron chi connectivity index (χ4n) is 4.22. The van der Waals surface area contributed by atoms with Gasteiger partial charge in [-0.2, -0.15) is 0 Å². The molecular formula is C25H21F2N3O2S2. The standard InChI is InChI=1S/C25H21F2N3O2S2/c1-14-6-2-4-8-19(14)30-24(32)22-16-7-3-5-9-20(16)34-23(22)29-25(30)33-13-21(31)28-18-12-15(26)10-11-17(18)27/h2,4,6,8,10-12H,3,5,7,9,13H2,1H3,(H,28,31). The van der Waals surface area contributed by atoms with Crippen molar-refractivity contribution in [2.75, 3.05) is 11.1 Å². The maximum absolute atomic E-state index is 13.9. The van der Waals surface area contributed by atoms with Crippen LogP contribution in [0.2, 0.25) is 0 Å². The van der Waals surface area contributed by atoms with Crippen LogP contribution in [0.25, 0.3) is 15.9 Å². The van der Waals surface area contributed by atoms with Gasteiger partial charge in [-0.1, -0.05) is 30.0 Å². The SMILES string of the molecule is Cc1ccccc1-n1c(SCC(=O)Nc2cc(F)ccc2F)nc2sc3c(c2c1=O)CCCC3. The molecule has 0 bridgehead atoms. The van der Waals surface area contributed by atoms with Gasteiger partial charge in [0.05, 0.1) is 22.5 Å². The van der Waals surface area contributed by atoms with Crippen molar-refractivity contribution in [2.24, 2.45) is 0 Å². The number of thioether (sulfide) groups is 1. The number of hydrogen-bond acceptors (Lipinski definition) is 5. The van der Waals surface area contributed by atoms with Crippen molar-refractivity contribution < 1.29 is 13.6 Å². The lowest BCUT2D eigenvalue weighted by Gasteiger charge is -2.15. The molecule has 0 fully saturated rings. The second-order valence-electron chi connectivity index (χ2n) is 8.17. The highest BCUT2D eigenvalue weighted by Gasteiger charge is 2.23. The number of halogens is 2. The molecule has 0 spiro atoms. The predicted octanol–water partition coefficient (Wildman–Crippen LogP) is 5.64. The van der Waals surface area contributed by atoms with Gasteiger partial charge in [-0.15, -0.1) is 11.3 Å². The van der Waals surface area contributed by atoms with Gasteiger partial charge >= 0.3 is 0 Å². The third-order valence-corrected chi connectivity index (χ3v) is 7.97. The quantitative estimate of drug-likeness (QED) is 0.286. The molecule has 1 N–H and O–H groups in total. The van der Waals surface area contributed by atoms with E-state index in [1.54, 1.807) is 15.9 Å². The Kier molecular flexibility index (Phi) is 6.22. The molecular weight excluding hydrogens is 476 g/mol. The smallest absolute Gasteiger partial charge is 0.267 e. The van der Waals surface area contributed by atoms with Gasteiger partial charge in [0.15, 0.2) is 5.16 Å². The first-order chi connectivity index (χ1) is 16.4. The summed E-state index contributed by atoms with van der Waals surface area (Å²) in [4.78, 5) is 33.0. The number of fused-ring (bicyclic) bond motifs is 3.